The van der Waals surface area contributed by atoms with Crippen molar-refractivity contribution in [3.63, 3.8) is 0 Å². The summed E-state index contributed by atoms with van der Waals surface area (Å²) in [5.41, 5.74) is 0. The molecule has 0 saturated carbocycles. The zero-order chi connectivity index (χ0) is 16.8. The molecule has 0 aliphatic rings. The van der Waals surface area contributed by atoms with Crippen LogP contribution in [0.5, 0.6) is 0 Å². The fourth-order valence-corrected chi connectivity index (χ4v) is 2.32. The molecule has 124 valence electrons. The molecule has 0 bridgehead atoms. The molecule has 1 rings (SSSR count). The van der Waals surface area contributed by atoms with Crippen LogP contribution in [0.3, 0.4) is 0 Å². The molecule has 1 aromatic rings. The van der Waals surface area contributed by atoms with Gasteiger partial charge in [-0.1, -0.05) is 11.6 Å². The van der Waals surface area contributed by atoms with E-state index in [-0.39, 0.29) is 6.61 Å². The van der Waals surface area contributed by atoms with Gasteiger partial charge in [-0.3, -0.25) is 0 Å². The summed E-state index contributed by atoms with van der Waals surface area (Å²) in [6, 6.07) is 7.95. The van der Waals surface area contributed by atoms with Crippen LogP contribution in [0.15, 0.2) is 29.2 Å². The predicted molar refractivity (Wildman–Crippen MR) is 86.6 cm³/mol. The molecular weight excluding hydrogens is 330 g/mol. The first-order valence-electron chi connectivity index (χ1n) is 6.63. The van der Waals surface area contributed by atoms with Crippen molar-refractivity contribution in [1.29, 1.82) is 0 Å². The van der Waals surface area contributed by atoms with Crippen LogP contribution in [0, 0.1) is 0 Å². The minimum absolute atomic E-state index is 0.222. The maximum atomic E-state index is 9.10. The van der Waals surface area contributed by atoms with Crippen LogP contribution >= 0.6 is 23.4 Å². The van der Waals surface area contributed by atoms with E-state index in [2.05, 4.69) is 17.4 Å². The number of unbranched alkanes of at least 4 members (excludes halogenated alkanes) is 1. The number of hydrogen-bond acceptors (Lipinski definition) is 5. The SMILES string of the molecule is O=C(O)C(=O)O.OCCNCCCCSc1ccc(Cl)cc1. The first-order valence-corrected chi connectivity index (χ1v) is 8.00. The number of carboxylic acids is 2. The second-order valence-electron chi connectivity index (χ2n) is 4.09. The highest BCUT2D eigenvalue weighted by Crippen LogP contribution is 2.21. The summed E-state index contributed by atoms with van der Waals surface area (Å²) >= 11 is 7.66. The Bertz CT molecular complexity index is 429. The summed E-state index contributed by atoms with van der Waals surface area (Å²) in [5.74, 6) is -2.52. The highest BCUT2D eigenvalue weighted by molar-refractivity contribution is 7.99. The molecule has 0 heterocycles. The molecule has 1 aromatic carbocycles. The van der Waals surface area contributed by atoms with Crippen molar-refractivity contribution >= 4 is 35.3 Å². The van der Waals surface area contributed by atoms with Crippen molar-refractivity contribution in [3.8, 4) is 0 Å². The second-order valence-corrected chi connectivity index (χ2v) is 5.70. The minimum Gasteiger partial charge on any atom is -0.473 e. The van der Waals surface area contributed by atoms with Gasteiger partial charge in [-0.2, -0.15) is 0 Å². The number of aliphatic carboxylic acids is 2. The number of hydrogen-bond donors (Lipinski definition) is 4. The van der Waals surface area contributed by atoms with Crippen LogP contribution < -0.4 is 5.32 Å². The third-order valence-corrected chi connectivity index (χ3v) is 3.65. The van der Waals surface area contributed by atoms with Gasteiger partial charge in [0.2, 0.25) is 0 Å². The number of rotatable bonds is 8. The molecule has 0 spiro atoms. The Hall–Kier alpha value is -1.28. The van der Waals surface area contributed by atoms with Gasteiger partial charge in [-0.25, -0.2) is 9.59 Å². The molecule has 0 fully saturated rings. The average molecular weight is 350 g/mol. The van der Waals surface area contributed by atoms with E-state index in [0.29, 0.717) is 6.54 Å². The van der Waals surface area contributed by atoms with Gasteiger partial charge in [0, 0.05) is 16.5 Å². The van der Waals surface area contributed by atoms with E-state index in [0.717, 1.165) is 23.7 Å². The summed E-state index contributed by atoms with van der Waals surface area (Å²) in [5, 5.41) is 27.3. The third kappa shape index (κ3) is 12.5. The van der Waals surface area contributed by atoms with Crippen LogP contribution in [-0.4, -0.2) is 52.7 Å². The highest BCUT2D eigenvalue weighted by Gasteiger charge is 2.04. The van der Waals surface area contributed by atoms with Crippen LogP contribution in [0.4, 0.5) is 0 Å². The normalized spacial score (nSPS) is 9.73. The molecule has 0 amide bonds. The number of aliphatic hydroxyl groups excluding tert-OH is 1. The van der Waals surface area contributed by atoms with Crippen LogP contribution in [0.2, 0.25) is 5.02 Å². The molecule has 8 heteroatoms. The molecule has 0 saturated heterocycles. The lowest BCUT2D eigenvalue weighted by atomic mass is 10.3. The van der Waals surface area contributed by atoms with Gasteiger partial charge in [0.15, 0.2) is 0 Å². The summed E-state index contributed by atoms with van der Waals surface area (Å²) in [6.45, 7) is 1.91. The number of thioether (sulfide) groups is 1. The maximum Gasteiger partial charge on any atom is 0.414 e. The number of aliphatic hydroxyl groups is 1. The molecule has 0 aliphatic carbocycles. The Balaban J connectivity index is 0.000000626. The first-order chi connectivity index (χ1) is 10.5. The number of halogens is 1. The smallest absolute Gasteiger partial charge is 0.414 e. The van der Waals surface area contributed by atoms with Gasteiger partial charge < -0.3 is 20.6 Å². The number of carbonyl (C=O) groups is 2. The molecule has 4 N–H and O–H groups in total. The quantitative estimate of drug-likeness (QED) is 0.323. The second kappa shape index (κ2) is 13.4. The monoisotopic (exact) mass is 349 g/mol. The maximum absolute atomic E-state index is 9.10. The van der Waals surface area contributed by atoms with E-state index in [1.54, 1.807) is 0 Å². The summed E-state index contributed by atoms with van der Waals surface area (Å²) < 4.78 is 0. The fraction of sp³-hybridized carbons (Fsp3) is 0.429. The molecule has 6 nitrogen and oxygen atoms in total. The van der Waals surface area contributed by atoms with E-state index in [4.69, 9.17) is 36.5 Å². The van der Waals surface area contributed by atoms with Crippen LogP contribution in [0.25, 0.3) is 0 Å². The van der Waals surface area contributed by atoms with Gasteiger partial charge in [-0.05, 0) is 49.4 Å². The van der Waals surface area contributed by atoms with Gasteiger partial charge in [0.1, 0.15) is 0 Å². The van der Waals surface area contributed by atoms with Crippen molar-refractivity contribution in [1.82, 2.24) is 5.32 Å². The van der Waals surface area contributed by atoms with E-state index in [9.17, 15) is 0 Å². The Morgan fingerprint density at radius 1 is 1.05 bits per heavy atom. The van der Waals surface area contributed by atoms with Gasteiger partial charge >= 0.3 is 11.9 Å². The summed E-state index contributed by atoms with van der Waals surface area (Å²) in [6.07, 6.45) is 2.34. The summed E-state index contributed by atoms with van der Waals surface area (Å²) in [7, 11) is 0. The number of benzene rings is 1. The highest BCUT2D eigenvalue weighted by atomic mass is 35.5. The molecule has 0 aromatic heterocycles. The minimum atomic E-state index is -1.82. The fourth-order valence-electron chi connectivity index (χ4n) is 1.28. The lowest BCUT2D eigenvalue weighted by Gasteiger charge is -2.03. The standard InChI is InChI=1S/C12H18ClNOS.C2H2O4/c13-11-3-5-12(6-4-11)16-10-2-1-7-14-8-9-15;3-1(4)2(5)6/h3-6,14-15H,1-2,7-10H2;(H,3,4)(H,5,6). The predicted octanol–water partition coefficient (Wildman–Crippen LogP) is 1.95. The topological polar surface area (TPSA) is 107 Å². The zero-order valence-corrected chi connectivity index (χ0v) is 13.6. The van der Waals surface area contributed by atoms with Gasteiger partial charge in [0.05, 0.1) is 6.61 Å². The largest absolute Gasteiger partial charge is 0.473 e. The molecule has 0 radical (unpaired) electrons. The van der Waals surface area contributed by atoms with Crippen molar-refractivity contribution < 1.29 is 24.9 Å². The van der Waals surface area contributed by atoms with E-state index in [1.165, 1.54) is 11.3 Å². The molecule has 22 heavy (non-hydrogen) atoms. The van der Waals surface area contributed by atoms with Crippen molar-refractivity contribution in [2.75, 3.05) is 25.4 Å². The summed E-state index contributed by atoms with van der Waals surface area (Å²) in [4.78, 5) is 19.5. The van der Waals surface area contributed by atoms with Crippen molar-refractivity contribution in [2.45, 2.75) is 17.7 Å². The first kappa shape index (κ1) is 20.7. The van der Waals surface area contributed by atoms with Gasteiger partial charge in [-0.15, -0.1) is 11.8 Å². The van der Waals surface area contributed by atoms with E-state index in [1.807, 2.05) is 23.9 Å². The lowest BCUT2D eigenvalue weighted by molar-refractivity contribution is -0.159. The van der Waals surface area contributed by atoms with Crippen molar-refractivity contribution in [2.24, 2.45) is 0 Å². The Morgan fingerprint density at radius 3 is 2.14 bits per heavy atom. The van der Waals surface area contributed by atoms with Gasteiger partial charge in [0.25, 0.3) is 0 Å². The molecule has 0 unspecified atom stereocenters. The molecule has 0 atom stereocenters. The van der Waals surface area contributed by atoms with E-state index < -0.39 is 11.9 Å². The van der Waals surface area contributed by atoms with E-state index >= 15 is 0 Å². The number of nitrogens with one attached hydrogen (secondary N) is 1. The molecule has 0 aliphatic heterocycles. The lowest BCUT2D eigenvalue weighted by Crippen LogP contribution is -2.19. The number of carboxylic acid groups (broad SMARTS) is 2. The Kier molecular flexibility index (Phi) is 12.6. The third-order valence-electron chi connectivity index (χ3n) is 2.30. The molecular formula is C14H20ClNO5S. The van der Waals surface area contributed by atoms with Crippen molar-refractivity contribution in [3.05, 3.63) is 29.3 Å². The average Bonchev–Trinajstić information content (AvgIpc) is 2.49. The Labute approximate surface area is 138 Å². The van der Waals surface area contributed by atoms with Crippen LogP contribution in [-0.2, 0) is 9.59 Å². The Morgan fingerprint density at radius 2 is 1.64 bits per heavy atom. The van der Waals surface area contributed by atoms with Crippen LogP contribution in [0.1, 0.15) is 12.8 Å². The zero-order valence-electron chi connectivity index (χ0n) is 12.0.